The van der Waals surface area contributed by atoms with Crippen molar-refractivity contribution in [2.24, 2.45) is 0 Å². The molecule has 0 unspecified atom stereocenters. The second kappa shape index (κ2) is 5.53. The fraction of sp³-hybridized carbons (Fsp3) is 0.385. The number of carboxylic acids is 1. The molecule has 2 amide bonds. The highest BCUT2D eigenvalue weighted by atomic mass is 16.4. The summed E-state index contributed by atoms with van der Waals surface area (Å²) in [7, 11) is 0. The van der Waals surface area contributed by atoms with Gasteiger partial charge in [-0.1, -0.05) is 29.8 Å². The van der Waals surface area contributed by atoms with Gasteiger partial charge in [0.15, 0.2) is 0 Å². The average Bonchev–Trinajstić information content (AvgIpc) is 2.27. The fourth-order valence-corrected chi connectivity index (χ4v) is 1.27. The Bertz CT molecular complexity index is 438. The van der Waals surface area contributed by atoms with E-state index in [9.17, 15) is 9.59 Å². The van der Waals surface area contributed by atoms with E-state index in [-0.39, 0.29) is 0 Å². The molecule has 0 aromatic heterocycles. The molecule has 0 heterocycles. The SMILES string of the molecule is Cc1ccc(CNC(=O)NC(C)(C)C(=O)O)cc1. The van der Waals surface area contributed by atoms with Crippen molar-refractivity contribution in [1.82, 2.24) is 10.6 Å². The van der Waals surface area contributed by atoms with E-state index >= 15 is 0 Å². The van der Waals surface area contributed by atoms with Gasteiger partial charge in [0.25, 0.3) is 0 Å². The van der Waals surface area contributed by atoms with E-state index in [0.29, 0.717) is 6.54 Å². The van der Waals surface area contributed by atoms with Crippen LogP contribution in [0.3, 0.4) is 0 Å². The quantitative estimate of drug-likeness (QED) is 0.760. The highest BCUT2D eigenvalue weighted by molar-refractivity contribution is 5.85. The van der Waals surface area contributed by atoms with Crippen molar-refractivity contribution >= 4 is 12.0 Å². The molecule has 0 radical (unpaired) electrons. The van der Waals surface area contributed by atoms with Crippen molar-refractivity contribution in [1.29, 1.82) is 0 Å². The van der Waals surface area contributed by atoms with E-state index in [4.69, 9.17) is 5.11 Å². The Kier molecular flexibility index (Phi) is 4.31. The van der Waals surface area contributed by atoms with Gasteiger partial charge < -0.3 is 15.7 Å². The molecule has 0 saturated carbocycles. The van der Waals surface area contributed by atoms with E-state index in [1.165, 1.54) is 13.8 Å². The average molecular weight is 250 g/mol. The summed E-state index contributed by atoms with van der Waals surface area (Å²) in [6.45, 7) is 5.21. The Morgan fingerprint density at radius 1 is 1.22 bits per heavy atom. The van der Waals surface area contributed by atoms with Crippen LogP contribution >= 0.6 is 0 Å². The second-order valence-electron chi connectivity index (χ2n) is 4.72. The molecule has 1 aromatic rings. The first-order valence-corrected chi connectivity index (χ1v) is 5.66. The Hall–Kier alpha value is -2.04. The summed E-state index contributed by atoms with van der Waals surface area (Å²) < 4.78 is 0. The van der Waals surface area contributed by atoms with Crippen LogP contribution in [-0.4, -0.2) is 22.6 Å². The molecule has 0 bridgehead atoms. The van der Waals surface area contributed by atoms with E-state index in [0.717, 1.165) is 11.1 Å². The number of amides is 2. The van der Waals surface area contributed by atoms with Crippen LogP contribution in [0.25, 0.3) is 0 Å². The van der Waals surface area contributed by atoms with Gasteiger partial charge in [-0.2, -0.15) is 0 Å². The number of hydrogen-bond donors (Lipinski definition) is 3. The number of carbonyl (C=O) groups is 2. The minimum absolute atomic E-state index is 0.363. The summed E-state index contributed by atoms with van der Waals surface area (Å²) >= 11 is 0. The van der Waals surface area contributed by atoms with Gasteiger partial charge in [0, 0.05) is 6.54 Å². The molecule has 1 aromatic carbocycles. The van der Waals surface area contributed by atoms with Crippen LogP contribution in [0.5, 0.6) is 0 Å². The molecule has 0 aliphatic rings. The minimum Gasteiger partial charge on any atom is -0.480 e. The van der Waals surface area contributed by atoms with Crippen molar-refractivity contribution in [3.05, 3.63) is 35.4 Å². The largest absolute Gasteiger partial charge is 0.480 e. The zero-order valence-corrected chi connectivity index (χ0v) is 10.8. The molecule has 0 aliphatic carbocycles. The number of carboxylic acid groups (broad SMARTS) is 1. The summed E-state index contributed by atoms with van der Waals surface area (Å²) in [5, 5.41) is 13.9. The van der Waals surface area contributed by atoms with Crippen LogP contribution in [0.2, 0.25) is 0 Å². The number of benzene rings is 1. The molecule has 0 spiro atoms. The lowest BCUT2D eigenvalue weighted by molar-refractivity contribution is -0.142. The summed E-state index contributed by atoms with van der Waals surface area (Å²) in [6.07, 6.45) is 0. The number of hydrogen-bond acceptors (Lipinski definition) is 2. The van der Waals surface area contributed by atoms with Crippen molar-refractivity contribution in [2.75, 3.05) is 0 Å². The number of aryl methyl sites for hydroxylation is 1. The van der Waals surface area contributed by atoms with E-state index < -0.39 is 17.5 Å². The van der Waals surface area contributed by atoms with E-state index in [1.54, 1.807) is 0 Å². The highest BCUT2D eigenvalue weighted by Gasteiger charge is 2.28. The summed E-state index contributed by atoms with van der Waals surface area (Å²) in [5.41, 5.74) is 0.830. The first-order chi connectivity index (χ1) is 8.31. The maximum absolute atomic E-state index is 11.5. The van der Waals surface area contributed by atoms with Crippen LogP contribution in [-0.2, 0) is 11.3 Å². The topological polar surface area (TPSA) is 78.4 Å². The highest BCUT2D eigenvalue weighted by Crippen LogP contribution is 2.03. The number of nitrogens with one attached hydrogen (secondary N) is 2. The Labute approximate surface area is 106 Å². The lowest BCUT2D eigenvalue weighted by Gasteiger charge is -2.21. The number of aliphatic carboxylic acids is 1. The molecule has 5 heteroatoms. The Morgan fingerprint density at radius 2 is 1.78 bits per heavy atom. The monoisotopic (exact) mass is 250 g/mol. The van der Waals surface area contributed by atoms with Crippen molar-refractivity contribution in [3.63, 3.8) is 0 Å². The molecule has 18 heavy (non-hydrogen) atoms. The zero-order valence-electron chi connectivity index (χ0n) is 10.8. The Morgan fingerprint density at radius 3 is 2.28 bits per heavy atom. The van der Waals surface area contributed by atoms with E-state index in [1.807, 2.05) is 31.2 Å². The summed E-state index contributed by atoms with van der Waals surface area (Å²) in [6, 6.07) is 7.24. The molecule has 98 valence electrons. The molecular formula is C13H18N2O3. The van der Waals surface area contributed by atoms with Crippen LogP contribution in [0.1, 0.15) is 25.0 Å². The van der Waals surface area contributed by atoms with Crippen LogP contribution < -0.4 is 10.6 Å². The lowest BCUT2D eigenvalue weighted by Crippen LogP contribution is -2.52. The van der Waals surface area contributed by atoms with Gasteiger partial charge in [-0.25, -0.2) is 9.59 Å². The Balaban J connectivity index is 2.47. The first kappa shape index (κ1) is 14.0. The van der Waals surface area contributed by atoms with Crippen LogP contribution in [0, 0.1) is 6.92 Å². The number of rotatable bonds is 4. The molecule has 5 nitrogen and oxygen atoms in total. The molecule has 0 aliphatic heterocycles. The van der Waals surface area contributed by atoms with Gasteiger partial charge >= 0.3 is 12.0 Å². The number of carbonyl (C=O) groups excluding carboxylic acids is 1. The molecular weight excluding hydrogens is 232 g/mol. The van der Waals surface area contributed by atoms with Gasteiger partial charge in [-0.15, -0.1) is 0 Å². The third kappa shape index (κ3) is 4.08. The molecule has 0 saturated heterocycles. The van der Waals surface area contributed by atoms with Gasteiger partial charge in [-0.3, -0.25) is 0 Å². The van der Waals surface area contributed by atoms with Gasteiger partial charge in [-0.05, 0) is 26.3 Å². The molecule has 3 N–H and O–H groups in total. The number of urea groups is 1. The standard InChI is InChI=1S/C13H18N2O3/c1-9-4-6-10(7-5-9)8-14-12(18)15-13(2,3)11(16)17/h4-7H,8H2,1-3H3,(H,16,17)(H2,14,15,18). The lowest BCUT2D eigenvalue weighted by atomic mass is 10.1. The maximum Gasteiger partial charge on any atom is 0.328 e. The van der Waals surface area contributed by atoms with Gasteiger partial charge in [0.1, 0.15) is 5.54 Å². The second-order valence-corrected chi connectivity index (χ2v) is 4.72. The van der Waals surface area contributed by atoms with Crippen molar-refractivity contribution in [3.8, 4) is 0 Å². The third-order valence-corrected chi connectivity index (χ3v) is 2.53. The normalized spacial score (nSPS) is 10.8. The van der Waals surface area contributed by atoms with Crippen molar-refractivity contribution < 1.29 is 14.7 Å². The summed E-state index contributed by atoms with van der Waals surface area (Å²) in [5.74, 6) is -1.08. The molecule has 0 fully saturated rings. The fourth-order valence-electron chi connectivity index (χ4n) is 1.27. The predicted octanol–water partition coefficient (Wildman–Crippen LogP) is 1.66. The van der Waals surface area contributed by atoms with E-state index in [2.05, 4.69) is 10.6 Å². The molecule has 1 rings (SSSR count). The van der Waals surface area contributed by atoms with Crippen LogP contribution in [0.15, 0.2) is 24.3 Å². The van der Waals surface area contributed by atoms with Gasteiger partial charge in [0.05, 0.1) is 0 Å². The summed E-state index contributed by atoms with van der Waals surface area (Å²) in [4.78, 5) is 22.3. The minimum atomic E-state index is -1.28. The smallest absolute Gasteiger partial charge is 0.328 e. The third-order valence-electron chi connectivity index (χ3n) is 2.53. The van der Waals surface area contributed by atoms with Crippen LogP contribution in [0.4, 0.5) is 4.79 Å². The van der Waals surface area contributed by atoms with Gasteiger partial charge in [0.2, 0.25) is 0 Å². The van der Waals surface area contributed by atoms with Crippen molar-refractivity contribution in [2.45, 2.75) is 32.9 Å². The first-order valence-electron chi connectivity index (χ1n) is 5.66. The zero-order chi connectivity index (χ0) is 13.8. The molecule has 0 atom stereocenters. The maximum atomic E-state index is 11.5. The predicted molar refractivity (Wildman–Crippen MR) is 68.3 cm³/mol.